The van der Waals surface area contributed by atoms with E-state index in [0.29, 0.717) is 0 Å². The van der Waals surface area contributed by atoms with Crippen LogP contribution in [0.15, 0.2) is 54.6 Å². The number of benzene rings is 2. The van der Waals surface area contributed by atoms with Crippen molar-refractivity contribution < 1.29 is 5.11 Å². The van der Waals surface area contributed by atoms with Gasteiger partial charge in [0.05, 0.1) is 11.4 Å². The Morgan fingerprint density at radius 2 is 1.72 bits per heavy atom. The molecule has 3 aromatic rings. The molecule has 0 unspecified atom stereocenters. The van der Waals surface area contributed by atoms with Gasteiger partial charge in [0.2, 0.25) is 0 Å². The number of rotatable bonds is 6. The first-order valence-electron chi connectivity index (χ1n) is 11.5. The fourth-order valence-corrected chi connectivity index (χ4v) is 4.26. The van der Waals surface area contributed by atoms with Crippen molar-refractivity contribution in [3.05, 3.63) is 88.5 Å². The van der Waals surface area contributed by atoms with Crippen LogP contribution in [0.25, 0.3) is 0 Å². The molecular formula is C28H33N3O. The number of imidazole rings is 1. The minimum absolute atomic E-state index is 0.924. The van der Waals surface area contributed by atoms with Gasteiger partial charge in [-0.1, -0.05) is 54.3 Å². The minimum atomic E-state index is -0.965. The maximum Gasteiger partial charge on any atom is 0.120 e. The molecule has 4 heteroatoms. The average Bonchev–Trinajstić information content (AvgIpc) is 3.08. The van der Waals surface area contributed by atoms with Crippen molar-refractivity contribution in [3.63, 3.8) is 0 Å². The topological polar surface area (TPSA) is 41.3 Å². The first-order chi connectivity index (χ1) is 15.4. The van der Waals surface area contributed by atoms with Gasteiger partial charge in [-0.3, -0.25) is 4.90 Å². The third-order valence-corrected chi connectivity index (χ3v) is 5.95. The summed E-state index contributed by atoms with van der Waals surface area (Å²) in [6, 6.07) is 19.1. The zero-order valence-corrected chi connectivity index (χ0v) is 19.4. The molecule has 1 aromatic heterocycles. The second kappa shape index (κ2) is 9.73. The zero-order chi connectivity index (χ0) is 22.6. The number of aliphatic hydroxyl groups is 1. The second-order valence-electron chi connectivity index (χ2n) is 9.27. The van der Waals surface area contributed by atoms with Crippen molar-refractivity contribution in [1.29, 1.82) is 0 Å². The Hall–Kier alpha value is -2.87. The van der Waals surface area contributed by atoms with Crippen LogP contribution in [-0.4, -0.2) is 31.7 Å². The molecule has 0 amide bonds. The van der Waals surface area contributed by atoms with E-state index in [1.54, 1.807) is 13.8 Å². The van der Waals surface area contributed by atoms with E-state index in [4.69, 9.17) is 4.98 Å². The Kier molecular flexibility index (Phi) is 6.79. The fourth-order valence-electron chi connectivity index (χ4n) is 4.26. The van der Waals surface area contributed by atoms with Crippen LogP contribution in [0, 0.1) is 18.8 Å². The second-order valence-corrected chi connectivity index (χ2v) is 9.27. The minimum Gasteiger partial charge on any atom is -0.378 e. The lowest BCUT2D eigenvalue weighted by Crippen LogP contribution is -2.33. The lowest BCUT2D eigenvalue weighted by Gasteiger charge is -2.29. The fraction of sp³-hybridized carbons (Fsp3) is 0.393. The molecule has 0 bridgehead atoms. The molecule has 0 spiro atoms. The monoisotopic (exact) mass is 427 g/mol. The van der Waals surface area contributed by atoms with Crippen molar-refractivity contribution in [3.8, 4) is 11.8 Å². The van der Waals surface area contributed by atoms with E-state index in [-0.39, 0.29) is 0 Å². The number of fused-ring (bicyclic) bond motifs is 1. The van der Waals surface area contributed by atoms with Gasteiger partial charge in [0, 0.05) is 38.2 Å². The van der Waals surface area contributed by atoms with E-state index in [9.17, 15) is 5.11 Å². The highest BCUT2D eigenvalue weighted by Crippen LogP contribution is 2.22. The molecule has 32 heavy (non-hydrogen) atoms. The van der Waals surface area contributed by atoms with Crippen molar-refractivity contribution in [2.24, 2.45) is 0 Å². The van der Waals surface area contributed by atoms with Crippen LogP contribution < -0.4 is 0 Å². The summed E-state index contributed by atoms with van der Waals surface area (Å²) in [7, 11) is 0. The van der Waals surface area contributed by atoms with E-state index in [0.717, 1.165) is 51.0 Å². The van der Waals surface area contributed by atoms with Gasteiger partial charge in [-0.15, -0.1) is 0 Å². The van der Waals surface area contributed by atoms with Crippen LogP contribution >= 0.6 is 0 Å². The van der Waals surface area contributed by atoms with Crippen LogP contribution in [-0.2, 0) is 32.5 Å². The smallest absolute Gasteiger partial charge is 0.120 e. The summed E-state index contributed by atoms with van der Waals surface area (Å²) in [5.41, 5.74) is 5.18. The van der Waals surface area contributed by atoms with E-state index < -0.39 is 5.60 Å². The number of hydrogen-bond donors (Lipinski definition) is 1. The zero-order valence-electron chi connectivity index (χ0n) is 19.4. The maximum atomic E-state index is 9.77. The summed E-state index contributed by atoms with van der Waals surface area (Å²) >= 11 is 0. The molecule has 0 radical (unpaired) electrons. The summed E-state index contributed by atoms with van der Waals surface area (Å²) in [5.74, 6) is 7.15. The van der Waals surface area contributed by atoms with Crippen LogP contribution in [0.2, 0.25) is 0 Å². The summed E-state index contributed by atoms with van der Waals surface area (Å²) in [6.45, 7) is 9.45. The Morgan fingerprint density at radius 3 is 2.44 bits per heavy atom. The van der Waals surface area contributed by atoms with Crippen LogP contribution in [0.1, 0.15) is 54.2 Å². The SMILES string of the molecule is Cc1nc(CCCc2ccccc2)n2c1CN(Cc1ccc(C#CC(C)(C)O)cc1)CC2. The van der Waals surface area contributed by atoms with Gasteiger partial charge < -0.3 is 9.67 Å². The lowest BCUT2D eigenvalue weighted by molar-refractivity contribution is 0.143. The Balaban J connectivity index is 1.35. The predicted molar refractivity (Wildman–Crippen MR) is 129 cm³/mol. The highest BCUT2D eigenvalue weighted by Gasteiger charge is 2.22. The van der Waals surface area contributed by atoms with E-state index in [2.05, 4.69) is 70.7 Å². The molecule has 1 N–H and O–H groups in total. The van der Waals surface area contributed by atoms with Crippen molar-refractivity contribution in [2.75, 3.05) is 6.54 Å². The summed E-state index contributed by atoms with van der Waals surface area (Å²) in [6.07, 6.45) is 3.26. The molecule has 1 aliphatic rings. The third kappa shape index (κ3) is 5.88. The Morgan fingerprint density at radius 1 is 0.969 bits per heavy atom. The Labute approximate surface area is 191 Å². The standard InChI is InChI=1S/C28H33N3O/c1-22-26-21-30(20-25-14-12-24(13-15-25)16-17-28(2,3)32)18-19-31(26)27(29-22)11-7-10-23-8-5-4-6-9-23/h4-6,8-9,12-15,32H,7,10-11,18-21H2,1-3H3. The summed E-state index contributed by atoms with van der Waals surface area (Å²) in [4.78, 5) is 7.41. The maximum absolute atomic E-state index is 9.77. The molecule has 166 valence electrons. The van der Waals surface area contributed by atoms with Gasteiger partial charge in [-0.2, -0.15) is 0 Å². The predicted octanol–water partition coefficient (Wildman–Crippen LogP) is 4.51. The molecule has 0 saturated heterocycles. The highest BCUT2D eigenvalue weighted by molar-refractivity contribution is 5.37. The van der Waals surface area contributed by atoms with Crippen LogP contribution in [0.5, 0.6) is 0 Å². The van der Waals surface area contributed by atoms with Gasteiger partial charge in [0.15, 0.2) is 0 Å². The van der Waals surface area contributed by atoms with Gasteiger partial charge >= 0.3 is 0 Å². The number of nitrogens with zero attached hydrogens (tertiary/aromatic N) is 3. The van der Waals surface area contributed by atoms with Gasteiger partial charge in [-0.05, 0) is 56.9 Å². The van der Waals surface area contributed by atoms with Gasteiger partial charge in [0.1, 0.15) is 11.4 Å². The van der Waals surface area contributed by atoms with E-state index >= 15 is 0 Å². The Bertz CT molecular complexity index is 1100. The molecule has 0 atom stereocenters. The lowest BCUT2D eigenvalue weighted by atomic mass is 10.1. The van der Waals surface area contributed by atoms with Crippen molar-refractivity contribution in [2.45, 2.75) is 65.3 Å². The molecular weight excluding hydrogens is 394 g/mol. The average molecular weight is 428 g/mol. The molecule has 0 fully saturated rings. The quantitative estimate of drug-likeness (QED) is 0.589. The van der Waals surface area contributed by atoms with Crippen LogP contribution in [0.4, 0.5) is 0 Å². The molecule has 0 saturated carbocycles. The van der Waals surface area contributed by atoms with Gasteiger partial charge in [-0.25, -0.2) is 4.98 Å². The highest BCUT2D eigenvalue weighted by atomic mass is 16.3. The van der Waals surface area contributed by atoms with E-state index in [1.165, 1.54) is 28.3 Å². The normalized spacial score (nSPS) is 14.0. The van der Waals surface area contributed by atoms with Crippen LogP contribution in [0.3, 0.4) is 0 Å². The number of aryl methyl sites for hydroxylation is 3. The molecule has 4 rings (SSSR count). The summed E-state index contributed by atoms with van der Waals surface area (Å²) < 4.78 is 2.45. The number of hydrogen-bond acceptors (Lipinski definition) is 3. The first kappa shape index (κ1) is 22.3. The summed E-state index contributed by atoms with van der Waals surface area (Å²) in [5, 5.41) is 9.77. The molecule has 4 nitrogen and oxygen atoms in total. The van der Waals surface area contributed by atoms with E-state index in [1.807, 2.05) is 12.1 Å². The number of aromatic nitrogens is 2. The van der Waals surface area contributed by atoms with Gasteiger partial charge in [0.25, 0.3) is 0 Å². The van der Waals surface area contributed by atoms with Crippen molar-refractivity contribution >= 4 is 0 Å². The first-order valence-corrected chi connectivity index (χ1v) is 11.5. The largest absolute Gasteiger partial charge is 0.378 e. The third-order valence-electron chi connectivity index (χ3n) is 5.95. The van der Waals surface area contributed by atoms with Crippen molar-refractivity contribution in [1.82, 2.24) is 14.5 Å². The molecule has 2 aromatic carbocycles. The molecule has 2 heterocycles. The molecule has 1 aliphatic heterocycles. The molecule has 0 aliphatic carbocycles.